The van der Waals surface area contributed by atoms with Gasteiger partial charge >= 0.3 is 11.9 Å². The average molecular weight is 777 g/mol. The maximum Gasteiger partial charge on any atom is 0.343 e. The van der Waals surface area contributed by atoms with Crippen molar-refractivity contribution in [3.63, 3.8) is 0 Å². The van der Waals surface area contributed by atoms with Crippen LogP contribution in [0.15, 0.2) is 80.1 Å². The van der Waals surface area contributed by atoms with E-state index in [0.29, 0.717) is 53.4 Å². The van der Waals surface area contributed by atoms with E-state index in [0.717, 1.165) is 5.56 Å². The van der Waals surface area contributed by atoms with Crippen molar-refractivity contribution in [1.29, 1.82) is 5.26 Å². The highest BCUT2D eigenvalue weighted by atomic mass is 79.9. The van der Waals surface area contributed by atoms with Crippen LogP contribution in [0, 0.1) is 11.3 Å². The summed E-state index contributed by atoms with van der Waals surface area (Å²) < 4.78 is 35.7. The van der Waals surface area contributed by atoms with Gasteiger partial charge in [-0.05, 0) is 68.3 Å². The fourth-order valence-electron chi connectivity index (χ4n) is 5.37. The van der Waals surface area contributed by atoms with E-state index in [2.05, 4.69) is 31.7 Å². The number of allylic oxidation sites excluding steroid dienone is 1. The second kappa shape index (κ2) is 16.5. The minimum atomic E-state index is -0.915. The SMILES string of the molecule is CCOC(=O)C1=C(C)N=c2s/c(=C\c3cc(OC)c(OCc4ccccc4C#N)cc3Br)c(=O)n2[C@H]1c1ccc(OCC(=O)OC)c(OCC)c1. The van der Waals surface area contributed by atoms with Crippen LogP contribution < -0.4 is 33.8 Å². The van der Waals surface area contributed by atoms with Crippen LogP contribution in [0.3, 0.4) is 0 Å². The van der Waals surface area contributed by atoms with Crippen LogP contribution in [0.25, 0.3) is 6.08 Å². The lowest BCUT2D eigenvalue weighted by Gasteiger charge is -2.25. The quantitative estimate of drug-likeness (QED) is 0.171. The van der Waals surface area contributed by atoms with Gasteiger partial charge in [-0.15, -0.1) is 0 Å². The molecule has 0 unspecified atom stereocenters. The summed E-state index contributed by atoms with van der Waals surface area (Å²) in [4.78, 5) is 44.5. The number of carbonyl (C=O) groups is 2. The molecule has 14 heteroatoms. The van der Waals surface area contributed by atoms with Crippen LogP contribution in [-0.2, 0) is 25.7 Å². The Morgan fingerprint density at radius 2 is 1.76 bits per heavy atom. The predicted octanol–water partition coefficient (Wildman–Crippen LogP) is 4.97. The van der Waals surface area contributed by atoms with Crippen molar-refractivity contribution in [3.8, 4) is 29.1 Å². The maximum absolute atomic E-state index is 14.3. The van der Waals surface area contributed by atoms with E-state index in [9.17, 15) is 19.6 Å². The molecule has 12 nitrogen and oxygen atoms in total. The molecule has 2 heterocycles. The van der Waals surface area contributed by atoms with Crippen molar-refractivity contribution in [2.45, 2.75) is 33.4 Å². The Bertz CT molecular complexity index is 2240. The van der Waals surface area contributed by atoms with E-state index in [1.165, 1.54) is 30.1 Å². The second-order valence-corrected chi connectivity index (χ2v) is 12.8. The molecule has 0 N–H and O–H groups in total. The first kappa shape index (κ1) is 36.9. The molecule has 51 heavy (non-hydrogen) atoms. The third-order valence-corrected chi connectivity index (χ3v) is 9.43. The first-order valence-electron chi connectivity index (χ1n) is 15.8. The third-order valence-electron chi connectivity index (χ3n) is 7.76. The lowest BCUT2D eigenvalue weighted by Crippen LogP contribution is -2.40. The summed E-state index contributed by atoms with van der Waals surface area (Å²) in [5.74, 6) is 0.287. The number of rotatable bonds is 13. The van der Waals surface area contributed by atoms with Gasteiger partial charge in [0.15, 0.2) is 34.4 Å². The Hall–Kier alpha value is -5.39. The van der Waals surface area contributed by atoms with Crippen LogP contribution >= 0.6 is 27.3 Å². The first-order valence-corrected chi connectivity index (χ1v) is 17.4. The minimum Gasteiger partial charge on any atom is -0.493 e. The minimum absolute atomic E-state index is 0.123. The normalized spacial score (nSPS) is 13.8. The standard InChI is InChI=1S/C37H34BrN3O9S/c1-6-47-29-14-22(12-13-27(29)50-20-32(42)46-5)34-33(36(44)48-7-2)21(3)40-37-41(34)35(43)31(51-37)16-25-15-28(45-4)30(17-26(25)38)49-19-24-11-9-8-10-23(24)18-39/h8-17,34H,6-7,19-20H2,1-5H3/b31-16-/t34-/m0/s1. The van der Waals surface area contributed by atoms with Gasteiger partial charge in [-0.2, -0.15) is 5.26 Å². The zero-order valence-electron chi connectivity index (χ0n) is 28.5. The largest absolute Gasteiger partial charge is 0.493 e. The molecule has 4 aromatic rings. The number of aromatic nitrogens is 1. The molecule has 264 valence electrons. The molecule has 1 aliphatic heterocycles. The molecule has 0 saturated carbocycles. The van der Waals surface area contributed by atoms with Crippen molar-refractivity contribution in [2.75, 3.05) is 34.0 Å². The number of thiazole rings is 1. The monoisotopic (exact) mass is 775 g/mol. The lowest BCUT2D eigenvalue weighted by molar-refractivity contribution is -0.143. The molecule has 1 atom stereocenters. The molecular formula is C37H34BrN3O9S. The van der Waals surface area contributed by atoms with Gasteiger partial charge in [0.05, 0.1) is 60.9 Å². The van der Waals surface area contributed by atoms with Crippen molar-refractivity contribution in [2.24, 2.45) is 4.99 Å². The van der Waals surface area contributed by atoms with Crippen LogP contribution in [0.5, 0.6) is 23.0 Å². The van der Waals surface area contributed by atoms with Gasteiger partial charge in [0.1, 0.15) is 6.61 Å². The highest BCUT2D eigenvalue weighted by Gasteiger charge is 2.34. The molecule has 0 radical (unpaired) electrons. The van der Waals surface area contributed by atoms with E-state index in [4.69, 9.17) is 23.7 Å². The number of nitrogens with zero attached hydrogens (tertiary/aromatic N) is 3. The Balaban J connectivity index is 1.59. The number of benzene rings is 3. The number of hydrogen-bond acceptors (Lipinski definition) is 12. The summed E-state index contributed by atoms with van der Waals surface area (Å²) in [7, 11) is 2.78. The molecule has 0 aliphatic carbocycles. The Morgan fingerprint density at radius 1 is 1.00 bits per heavy atom. The summed E-state index contributed by atoms with van der Waals surface area (Å²) >= 11 is 4.77. The van der Waals surface area contributed by atoms with Crippen molar-refractivity contribution < 1.29 is 38.0 Å². The molecule has 0 amide bonds. The van der Waals surface area contributed by atoms with E-state index in [1.54, 1.807) is 69.3 Å². The van der Waals surface area contributed by atoms with Gasteiger partial charge in [0.2, 0.25) is 0 Å². The molecule has 1 aromatic heterocycles. The van der Waals surface area contributed by atoms with Crippen molar-refractivity contribution >= 4 is 45.3 Å². The molecular weight excluding hydrogens is 742 g/mol. The smallest absolute Gasteiger partial charge is 0.343 e. The van der Waals surface area contributed by atoms with Crippen molar-refractivity contribution in [1.82, 2.24) is 4.57 Å². The van der Waals surface area contributed by atoms with Gasteiger partial charge in [-0.25, -0.2) is 14.6 Å². The van der Waals surface area contributed by atoms with Crippen molar-refractivity contribution in [3.05, 3.63) is 112 Å². The molecule has 0 spiro atoms. The maximum atomic E-state index is 14.3. The fraction of sp³-hybridized carbons (Fsp3) is 0.270. The van der Waals surface area contributed by atoms with Gasteiger partial charge in [0.25, 0.3) is 5.56 Å². The highest BCUT2D eigenvalue weighted by molar-refractivity contribution is 9.10. The van der Waals surface area contributed by atoms with Crippen LogP contribution in [0.1, 0.15) is 49.1 Å². The molecule has 0 saturated heterocycles. The number of hydrogen-bond donors (Lipinski definition) is 0. The number of methoxy groups -OCH3 is 2. The summed E-state index contributed by atoms with van der Waals surface area (Å²) in [6.45, 7) is 5.42. The zero-order chi connectivity index (χ0) is 36.7. The van der Waals surface area contributed by atoms with Gasteiger partial charge in [-0.1, -0.05) is 51.5 Å². The summed E-state index contributed by atoms with van der Waals surface area (Å²) in [5.41, 5.74) is 2.62. The number of nitriles is 1. The van der Waals surface area contributed by atoms with Gasteiger partial charge in [0, 0.05) is 10.0 Å². The van der Waals surface area contributed by atoms with E-state index in [-0.39, 0.29) is 43.3 Å². The van der Waals surface area contributed by atoms with Crippen LogP contribution in [0.2, 0.25) is 0 Å². The van der Waals surface area contributed by atoms with Crippen LogP contribution in [-0.4, -0.2) is 50.5 Å². The van der Waals surface area contributed by atoms with Gasteiger partial charge in [-0.3, -0.25) is 9.36 Å². The van der Waals surface area contributed by atoms with E-state index in [1.807, 2.05) is 12.1 Å². The predicted molar refractivity (Wildman–Crippen MR) is 192 cm³/mol. The first-order chi connectivity index (χ1) is 24.6. The third kappa shape index (κ3) is 8.00. The zero-order valence-corrected chi connectivity index (χ0v) is 30.9. The molecule has 0 bridgehead atoms. The fourth-order valence-corrected chi connectivity index (χ4v) is 6.84. The Labute approximate surface area is 305 Å². The lowest BCUT2D eigenvalue weighted by atomic mass is 9.95. The Kier molecular flexibility index (Phi) is 12.0. The average Bonchev–Trinajstić information content (AvgIpc) is 3.43. The number of halogens is 1. The second-order valence-electron chi connectivity index (χ2n) is 10.9. The summed E-state index contributed by atoms with van der Waals surface area (Å²) in [6, 6.07) is 16.9. The molecule has 3 aromatic carbocycles. The number of ether oxygens (including phenoxy) is 6. The van der Waals surface area contributed by atoms with Gasteiger partial charge < -0.3 is 28.4 Å². The summed E-state index contributed by atoms with van der Waals surface area (Å²) in [5, 5.41) is 9.45. The molecule has 5 rings (SSSR count). The summed E-state index contributed by atoms with van der Waals surface area (Å²) in [6.07, 6.45) is 1.71. The highest BCUT2D eigenvalue weighted by Crippen LogP contribution is 2.37. The number of fused-ring (bicyclic) bond motifs is 1. The number of carbonyl (C=O) groups excluding carboxylic acids is 2. The number of esters is 2. The molecule has 1 aliphatic rings. The van der Waals surface area contributed by atoms with Crippen LogP contribution in [0.4, 0.5) is 0 Å². The van der Waals surface area contributed by atoms with E-state index < -0.39 is 18.0 Å². The Morgan fingerprint density at radius 3 is 2.47 bits per heavy atom. The topological polar surface area (TPSA) is 148 Å². The molecule has 0 fully saturated rings. The van der Waals surface area contributed by atoms with E-state index >= 15 is 0 Å².